The molecule has 2 aliphatic rings. The fraction of sp³-hybridized carbons (Fsp3) is 0.333. The SMILES string of the molecule is O=C(c1csc2nc(-c3ccccc3Cl)cn12)N1C[C@H]2CC[C@H]1C2. The van der Waals surface area contributed by atoms with Gasteiger partial charge in [-0.05, 0) is 31.2 Å². The van der Waals surface area contributed by atoms with Crippen molar-refractivity contribution >= 4 is 33.8 Å². The molecule has 4 nitrogen and oxygen atoms in total. The molecule has 0 spiro atoms. The number of halogens is 1. The van der Waals surface area contributed by atoms with E-state index in [1.165, 1.54) is 24.2 Å². The lowest BCUT2D eigenvalue weighted by molar-refractivity contribution is 0.0697. The fourth-order valence-electron chi connectivity index (χ4n) is 4.06. The lowest BCUT2D eigenvalue weighted by Gasteiger charge is -2.26. The topological polar surface area (TPSA) is 37.6 Å². The van der Waals surface area contributed by atoms with E-state index in [-0.39, 0.29) is 5.91 Å². The predicted molar refractivity (Wildman–Crippen MR) is 95.7 cm³/mol. The average molecular weight is 358 g/mol. The summed E-state index contributed by atoms with van der Waals surface area (Å²) in [5.74, 6) is 0.839. The minimum atomic E-state index is 0.136. The van der Waals surface area contributed by atoms with Gasteiger partial charge in [0.2, 0.25) is 0 Å². The van der Waals surface area contributed by atoms with Gasteiger partial charge < -0.3 is 4.90 Å². The number of amides is 1. The van der Waals surface area contributed by atoms with Gasteiger partial charge in [-0.3, -0.25) is 9.20 Å². The number of likely N-dealkylation sites (tertiary alicyclic amines) is 1. The first-order valence-corrected chi connectivity index (χ1v) is 9.49. The number of hydrogen-bond donors (Lipinski definition) is 0. The normalized spacial score (nSPS) is 22.6. The molecule has 1 aromatic carbocycles. The third-order valence-corrected chi connectivity index (χ3v) is 6.42. The number of hydrogen-bond acceptors (Lipinski definition) is 3. The van der Waals surface area contributed by atoms with Crippen molar-refractivity contribution in [2.24, 2.45) is 5.92 Å². The molecule has 5 rings (SSSR count). The second-order valence-corrected chi connectivity index (χ2v) is 7.91. The Bertz CT molecular complexity index is 947. The highest BCUT2D eigenvalue weighted by Gasteiger charge is 2.41. The second-order valence-electron chi connectivity index (χ2n) is 6.67. The molecule has 3 aromatic rings. The van der Waals surface area contributed by atoms with Gasteiger partial charge in [0.15, 0.2) is 4.96 Å². The van der Waals surface area contributed by atoms with Gasteiger partial charge in [0.05, 0.1) is 10.7 Å². The van der Waals surface area contributed by atoms with Crippen LogP contribution in [0.4, 0.5) is 0 Å². The van der Waals surface area contributed by atoms with Gasteiger partial charge in [-0.15, -0.1) is 11.3 Å². The molecule has 1 saturated carbocycles. The summed E-state index contributed by atoms with van der Waals surface area (Å²) in [4.78, 5) is 20.5. The summed E-state index contributed by atoms with van der Waals surface area (Å²) in [5, 5.41) is 2.60. The lowest BCUT2D eigenvalue weighted by atomic mass is 10.1. The number of rotatable bonds is 2. The number of nitrogens with zero attached hydrogens (tertiary/aromatic N) is 3. The molecular weight excluding hydrogens is 342 g/mol. The Labute approximate surface area is 148 Å². The Hall–Kier alpha value is -1.85. The first kappa shape index (κ1) is 14.5. The number of thiazole rings is 1. The van der Waals surface area contributed by atoms with Gasteiger partial charge in [-0.1, -0.05) is 29.8 Å². The van der Waals surface area contributed by atoms with E-state index in [2.05, 4.69) is 9.88 Å². The second kappa shape index (κ2) is 5.33. The van der Waals surface area contributed by atoms with E-state index in [9.17, 15) is 4.79 Å². The summed E-state index contributed by atoms with van der Waals surface area (Å²) >= 11 is 7.78. The fourth-order valence-corrected chi connectivity index (χ4v) is 5.14. The van der Waals surface area contributed by atoms with Crippen LogP contribution in [0, 0.1) is 5.92 Å². The van der Waals surface area contributed by atoms with E-state index in [0.717, 1.165) is 29.2 Å². The molecule has 2 aromatic heterocycles. The van der Waals surface area contributed by atoms with Crippen LogP contribution < -0.4 is 0 Å². The number of carbonyl (C=O) groups is 1. The van der Waals surface area contributed by atoms with Crippen LogP contribution >= 0.6 is 22.9 Å². The van der Waals surface area contributed by atoms with Crippen LogP contribution in [0.2, 0.25) is 5.02 Å². The zero-order valence-electron chi connectivity index (χ0n) is 13.0. The smallest absolute Gasteiger partial charge is 0.272 e. The quantitative estimate of drug-likeness (QED) is 0.684. The van der Waals surface area contributed by atoms with Crippen molar-refractivity contribution in [2.75, 3.05) is 6.54 Å². The van der Waals surface area contributed by atoms with E-state index in [1.54, 1.807) is 0 Å². The highest BCUT2D eigenvalue weighted by Crippen LogP contribution is 2.38. The maximum absolute atomic E-state index is 13.0. The number of imidazole rings is 1. The van der Waals surface area contributed by atoms with Crippen LogP contribution in [-0.2, 0) is 0 Å². The summed E-state index contributed by atoms with van der Waals surface area (Å²) in [6, 6.07) is 8.10. The van der Waals surface area contributed by atoms with Crippen molar-refractivity contribution in [1.29, 1.82) is 0 Å². The third kappa shape index (κ3) is 2.11. The van der Waals surface area contributed by atoms with Crippen LogP contribution in [0.5, 0.6) is 0 Å². The van der Waals surface area contributed by atoms with E-state index < -0.39 is 0 Å². The number of benzene rings is 1. The van der Waals surface area contributed by atoms with Crippen molar-refractivity contribution in [3.05, 3.63) is 46.6 Å². The Morgan fingerprint density at radius 2 is 2.17 bits per heavy atom. The maximum atomic E-state index is 13.0. The van der Waals surface area contributed by atoms with Crippen molar-refractivity contribution in [1.82, 2.24) is 14.3 Å². The van der Waals surface area contributed by atoms with Gasteiger partial charge in [0.1, 0.15) is 5.69 Å². The Kier molecular flexibility index (Phi) is 3.22. The van der Waals surface area contributed by atoms with Gasteiger partial charge in [-0.25, -0.2) is 4.98 Å². The lowest BCUT2D eigenvalue weighted by Crippen LogP contribution is -2.38. The number of carbonyl (C=O) groups excluding carboxylic acids is 1. The molecule has 3 heterocycles. The molecule has 24 heavy (non-hydrogen) atoms. The molecule has 1 saturated heterocycles. The molecule has 2 fully saturated rings. The predicted octanol–water partition coefficient (Wildman–Crippen LogP) is 4.34. The molecule has 2 bridgehead atoms. The zero-order valence-corrected chi connectivity index (χ0v) is 14.6. The highest BCUT2D eigenvalue weighted by atomic mass is 35.5. The molecule has 1 amide bonds. The summed E-state index contributed by atoms with van der Waals surface area (Å²) in [6.07, 6.45) is 5.52. The van der Waals surface area contributed by atoms with Crippen molar-refractivity contribution < 1.29 is 4.79 Å². The monoisotopic (exact) mass is 357 g/mol. The standard InChI is InChI=1S/C18H16ClN3OS/c19-14-4-2-1-3-13(14)15-9-22-16(10-24-18(22)20-15)17(23)21-8-11-5-6-12(21)7-11/h1-4,9-12H,5-8H2/t11-,12-/m0/s1. The molecule has 6 heteroatoms. The minimum Gasteiger partial charge on any atom is -0.334 e. The minimum absolute atomic E-state index is 0.136. The van der Waals surface area contributed by atoms with Gasteiger partial charge in [0, 0.05) is 29.7 Å². The van der Waals surface area contributed by atoms with E-state index in [1.807, 2.05) is 40.2 Å². The van der Waals surface area contributed by atoms with E-state index in [0.29, 0.717) is 22.7 Å². The van der Waals surface area contributed by atoms with Crippen LogP contribution in [0.1, 0.15) is 29.8 Å². The van der Waals surface area contributed by atoms with Crippen LogP contribution in [0.15, 0.2) is 35.8 Å². The average Bonchev–Trinajstić information content (AvgIpc) is 3.34. The number of piperidine rings is 1. The molecule has 0 N–H and O–H groups in total. The van der Waals surface area contributed by atoms with Crippen molar-refractivity contribution in [3.63, 3.8) is 0 Å². The Balaban J connectivity index is 1.54. The van der Waals surface area contributed by atoms with Crippen LogP contribution in [0.3, 0.4) is 0 Å². The Morgan fingerprint density at radius 1 is 1.29 bits per heavy atom. The molecule has 1 aliphatic carbocycles. The third-order valence-electron chi connectivity index (χ3n) is 5.25. The van der Waals surface area contributed by atoms with Gasteiger partial charge in [-0.2, -0.15) is 0 Å². The molecule has 122 valence electrons. The molecule has 1 aliphatic heterocycles. The summed E-state index contributed by atoms with van der Waals surface area (Å²) in [7, 11) is 0. The molecule has 2 atom stereocenters. The van der Waals surface area contributed by atoms with E-state index in [4.69, 9.17) is 11.6 Å². The van der Waals surface area contributed by atoms with Crippen molar-refractivity contribution in [3.8, 4) is 11.3 Å². The number of fused-ring (bicyclic) bond motifs is 3. The molecule has 0 radical (unpaired) electrons. The summed E-state index contributed by atoms with van der Waals surface area (Å²) in [5.41, 5.74) is 2.42. The summed E-state index contributed by atoms with van der Waals surface area (Å²) < 4.78 is 1.91. The van der Waals surface area contributed by atoms with Gasteiger partial charge in [0.25, 0.3) is 5.91 Å². The van der Waals surface area contributed by atoms with Crippen LogP contribution in [-0.4, -0.2) is 32.8 Å². The van der Waals surface area contributed by atoms with Crippen LogP contribution in [0.25, 0.3) is 16.2 Å². The maximum Gasteiger partial charge on any atom is 0.272 e. The first-order chi connectivity index (χ1) is 11.7. The number of aromatic nitrogens is 2. The molecular formula is C18H16ClN3OS. The largest absolute Gasteiger partial charge is 0.334 e. The zero-order chi connectivity index (χ0) is 16.3. The first-order valence-electron chi connectivity index (χ1n) is 8.23. The molecule has 0 unspecified atom stereocenters. The van der Waals surface area contributed by atoms with Gasteiger partial charge >= 0.3 is 0 Å². The summed E-state index contributed by atoms with van der Waals surface area (Å²) in [6.45, 7) is 0.910. The van der Waals surface area contributed by atoms with Crippen molar-refractivity contribution in [2.45, 2.75) is 25.3 Å². The van der Waals surface area contributed by atoms with E-state index >= 15 is 0 Å². The Morgan fingerprint density at radius 3 is 2.92 bits per heavy atom. The highest BCUT2D eigenvalue weighted by molar-refractivity contribution is 7.15.